The second kappa shape index (κ2) is 7.95. The van der Waals surface area contributed by atoms with Crippen LogP contribution in [0.3, 0.4) is 0 Å². The Morgan fingerprint density at radius 3 is 2.75 bits per heavy atom. The van der Waals surface area contributed by atoms with Gasteiger partial charge >= 0.3 is 0 Å². The van der Waals surface area contributed by atoms with Crippen LogP contribution in [0.4, 0.5) is 0 Å². The number of carbonyl (C=O) groups is 1. The van der Waals surface area contributed by atoms with Crippen molar-refractivity contribution in [3.05, 3.63) is 22.4 Å². The van der Waals surface area contributed by atoms with Crippen molar-refractivity contribution < 1.29 is 14.3 Å². The molecule has 1 aromatic rings. The van der Waals surface area contributed by atoms with Crippen molar-refractivity contribution in [2.45, 2.75) is 19.4 Å². The van der Waals surface area contributed by atoms with Gasteiger partial charge in [0.1, 0.15) is 6.61 Å². The molecule has 0 N–H and O–H groups in total. The molecule has 3 heterocycles. The average Bonchev–Trinajstić information content (AvgIpc) is 3.18. The molecule has 1 aromatic heterocycles. The molecule has 1 atom stereocenters. The Kier molecular flexibility index (Phi) is 5.92. The summed E-state index contributed by atoms with van der Waals surface area (Å²) in [5.74, 6) is 0.672. The van der Waals surface area contributed by atoms with Gasteiger partial charge in [-0.2, -0.15) is 0 Å². The maximum Gasteiger partial charge on any atom is 0.248 e. The largest absolute Gasteiger partial charge is 0.384 e. The van der Waals surface area contributed by atoms with Gasteiger partial charge in [-0.25, -0.2) is 0 Å². The number of likely N-dealkylation sites (tertiary alicyclic amines) is 2. The Bertz CT molecular complexity index is 526. The standard InChI is InChI=1S/C18H28N2O3S/c1-22-12-15-10-19(11-16-4-3-9-24-16)14-18(15)5-7-20(8-6-18)17(21)13-23-2/h3-4,9,15H,5-8,10-14H2,1-2H3/t15-/m0/s1. The highest BCUT2D eigenvalue weighted by atomic mass is 32.1. The van der Waals surface area contributed by atoms with Crippen LogP contribution in [-0.2, 0) is 20.8 Å². The number of hydrogen-bond donors (Lipinski definition) is 0. The molecule has 24 heavy (non-hydrogen) atoms. The number of amides is 1. The molecule has 5 nitrogen and oxygen atoms in total. The lowest BCUT2D eigenvalue weighted by Crippen LogP contribution is -2.48. The highest BCUT2D eigenvalue weighted by molar-refractivity contribution is 7.09. The van der Waals surface area contributed by atoms with Crippen LogP contribution in [-0.4, -0.2) is 69.3 Å². The van der Waals surface area contributed by atoms with E-state index in [4.69, 9.17) is 9.47 Å². The molecule has 0 radical (unpaired) electrons. The monoisotopic (exact) mass is 352 g/mol. The van der Waals surface area contributed by atoms with E-state index >= 15 is 0 Å². The molecular formula is C18H28N2O3S. The smallest absolute Gasteiger partial charge is 0.248 e. The average molecular weight is 353 g/mol. The van der Waals surface area contributed by atoms with E-state index in [2.05, 4.69) is 22.4 Å². The molecule has 2 saturated heterocycles. The summed E-state index contributed by atoms with van der Waals surface area (Å²) >= 11 is 1.83. The minimum atomic E-state index is 0.115. The Morgan fingerprint density at radius 2 is 2.12 bits per heavy atom. The molecule has 2 aliphatic heterocycles. The van der Waals surface area contributed by atoms with Crippen molar-refractivity contribution in [1.29, 1.82) is 0 Å². The maximum absolute atomic E-state index is 12.1. The molecule has 0 aromatic carbocycles. The van der Waals surface area contributed by atoms with E-state index in [-0.39, 0.29) is 17.9 Å². The van der Waals surface area contributed by atoms with Crippen LogP contribution in [0.15, 0.2) is 17.5 Å². The van der Waals surface area contributed by atoms with Crippen LogP contribution in [0.1, 0.15) is 17.7 Å². The van der Waals surface area contributed by atoms with Crippen molar-refractivity contribution in [3.63, 3.8) is 0 Å². The van der Waals surface area contributed by atoms with Crippen LogP contribution in [0.5, 0.6) is 0 Å². The Balaban J connectivity index is 1.63. The van der Waals surface area contributed by atoms with Crippen molar-refractivity contribution in [2.24, 2.45) is 11.3 Å². The lowest BCUT2D eigenvalue weighted by Gasteiger charge is -2.42. The van der Waals surface area contributed by atoms with Crippen LogP contribution >= 0.6 is 11.3 Å². The molecule has 6 heteroatoms. The molecule has 0 aliphatic carbocycles. The highest BCUT2D eigenvalue weighted by Gasteiger charge is 2.48. The summed E-state index contributed by atoms with van der Waals surface area (Å²) in [7, 11) is 3.38. The zero-order valence-corrected chi connectivity index (χ0v) is 15.5. The Labute approximate surface area is 148 Å². The molecule has 0 unspecified atom stereocenters. The fraction of sp³-hybridized carbons (Fsp3) is 0.722. The fourth-order valence-corrected chi connectivity index (χ4v) is 5.05. The minimum Gasteiger partial charge on any atom is -0.384 e. The van der Waals surface area contributed by atoms with E-state index in [0.717, 1.165) is 52.2 Å². The number of hydrogen-bond acceptors (Lipinski definition) is 5. The zero-order chi connectivity index (χ0) is 17.0. The third kappa shape index (κ3) is 3.82. The highest BCUT2D eigenvalue weighted by Crippen LogP contribution is 2.45. The SMILES string of the molecule is COCC(=O)N1CCC2(CC1)CN(Cc1cccs1)C[C@H]2COC. The first-order valence-electron chi connectivity index (χ1n) is 8.67. The van der Waals surface area contributed by atoms with E-state index in [0.29, 0.717) is 5.92 Å². The van der Waals surface area contributed by atoms with Gasteiger partial charge in [-0.05, 0) is 29.7 Å². The van der Waals surface area contributed by atoms with Crippen molar-refractivity contribution >= 4 is 17.2 Å². The first-order valence-corrected chi connectivity index (χ1v) is 9.55. The molecule has 134 valence electrons. The Morgan fingerprint density at radius 1 is 1.33 bits per heavy atom. The van der Waals surface area contributed by atoms with Gasteiger partial charge in [-0.15, -0.1) is 11.3 Å². The third-order valence-corrected chi connectivity index (χ3v) is 6.45. The normalized spacial score (nSPS) is 23.9. The Hall–Kier alpha value is -0.950. The van der Waals surface area contributed by atoms with Crippen molar-refractivity contribution in [1.82, 2.24) is 9.80 Å². The molecular weight excluding hydrogens is 324 g/mol. The molecule has 2 aliphatic rings. The van der Waals surface area contributed by atoms with Gasteiger partial charge in [-0.1, -0.05) is 6.07 Å². The van der Waals surface area contributed by atoms with E-state index in [1.54, 1.807) is 14.2 Å². The molecule has 3 rings (SSSR count). The first kappa shape index (κ1) is 17.9. The summed E-state index contributed by atoms with van der Waals surface area (Å²) in [4.78, 5) is 18.0. The maximum atomic E-state index is 12.1. The third-order valence-electron chi connectivity index (χ3n) is 5.59. The van der Waals surface area contributed by atoms with Gasteiger partial charge in [0.05, 0.1) is 6.61 Å². The van der Waals surface area contributed by atoms with E-state index in [1.165, 1.54) is 4.88 Å². The van der Waals surface area contributed by atoms with Gasteiger partial charge in [0.25, 0.3) is 0 Å². The van der Waals surface area contributed by atoms with Crippen LogP contribution in [0.25, 0.3) is 0 Å². The van der Waals surface area contributed by atoms with Gasteiger partial charge in [0.2, 0.25) is 5.91 Å². The van der Waals surface area contributed by atoms with E-state index in [9.17, 15) is 4.79 Å². The van der Waals surface area contributed by atoms with E-state index in [1.807, 2.05) is 16.2 Å². The van der Waals surface area contributed by atoms with Gasteiger partial charge < -0.3 is 14.4 Å². The second-order valence-electron chi connectivity index (χ2n) is 7.08. The lowest BCUT2D eigenvalue weighted by atomic mass is 9.71. The number of carbonyl (C=O) groups excluding carboxylic acids is 1. The van der Waals surface area contributed by atoms with Crippen molar-refractivity contribution in [2.75, 3.05) is 53.6 Å². The summed E-state index contributed by atoms with van der Waals surface area (Å²) in [5, 5.41) is 2.15. The first-order chi connectivity index (χ1) is 11.7. The predicted molar refractivity (Wildman–Crippen MR) is 95.1 cm³/mol. The number of nitrogens with zero attached hydrogens (tertiary/aromatic N) is 2. The summed E-state index contributed by atoms with van der Waals surface area (Å²) in [5.41, 5.74) is 0.289. The summed E-state index contributed by atoms with van der Waals surface area (Å²) in [6, 6.07) is 4.34. The van der Waals surface area contributed by atoms with Gasteiger partial charge in [0, 0.05) is 57.7 Å². The topological polar surface area (TPSA) is 42.0 Å². The summed E-state index contributed by atoms with van der Waals surface area (Å²) < 4.78 is 10.5. The lowest BCUT2D eigenvalue weighted by molar-refractivity contribution is -0.138. The predicted octanol–water partition coefficient (Wildman–Crippen LogP) is 2.08. The van der Waals surface area contributed by atoms with Crippen LogP contribution < -0.4 is 0 Å². The molecule has 0 saturated carbocycles. The summed E-state index contributed by atoms with van der Waals surface area (Å²) in [6.07, 6.45) is 2.13. The molecule has 2 fully saturated rings. The molecule has 1 amide bonds. The van der Waals surface area contributed by atoms with E-state index < -0.39 is 0 Å². The van der Waals surface area contributed by atoms with Crippen LogP contribution in [0, 0.1) is 11.3 Å². The van der Waals surface area contributed by atoms with Gasteiger partial charge in [-0.3, -0.25) is 9.69 Å². The molecule has 0 bridgehead atoms. The quantitative estimate of drug-likeness (QED) is 0.786. The van der Waals surface area contributed by atoms with Crippen LogP contribution in [0.2, 0.25) is 0 Å². The zero-order valence-electron chi connectivity index (χ0n) is 14.7. The fourth-order valence-electron chi connectivity index (χ4n) is 4.30. The number of rotatable bonds is 6. The molecule has 1 spiro atoms. The summed E-state index contributed by atoms with van der Waals surface area (Å²) in [6.45, 7) is 5.94. The second-order valence-corrected chi connectivity index (χ2v) is 8.11. The number of methoxy groups -OCH3 is 2. The number of piperidine rings is 1. The minimum absolute atomic E-state index is 0.115. The van der Waals surface area contributed by atoms with Gasteiger partial charge in [0.15, 0.2) is 0 Å². The number of ether oxygens (including phenoxy) is 2. The number of thiophene rings is 1. The van der Waals surface area contributed by atoms with Crippen molar-refractivity contribution in [3.8, 4) is 0 Å².